The van der Waals surface area contributed by atoms with Crippen molar-refractivity contribution in [2.24, 2.45) is 5.10 Å². The number of Topliss-reactive ketones (excluding diaryl/α,β-unsaturated/α-hetero) is 1. The SMILES string of the molecule is COc1ccc(/C=C(\Oc2ccc(/C=N/Nc3ccnc4cc(Cl)ccc34)cc2)C(=O)c2ccc(Cl)cc2)c(OC)c1OC. The van der Waals surface area contributed by atoms with Gasteiger partial charge in [-0.1, -0.05) is 23.2 Å². The van der Waals surface area contributed by atoms with Crippen LogP contribution in [0.1, 0.15) is 21.5 Å². The fraction of sp³-hybridized carbons (Fsp3) is 0.0882. The molecule has 8 nitrogen and oxygen atoms in total. The van der Waals surface area contributed by atoms with Gasteiger partial charge in [-0.05, 0) is 96.6 Å². The van der Waals surface area contributed by atoms with Crippen LogP contribution in [-0.2, 0) is 0 Å². The van der Waals surface area contributed by atoms with E-state index in [1.54, 1.807) is 79.2 Å². The summed E-state index contributed by atoms with van der Waals surface area (Å²) in [5.41, 5.74) is 6.39. The molecule has 44 heavy (non-hydrogen) atoms. The molecule has 0 amide bonds. The molecule has 0 saturated carbocycles. The Morgan fingerprint density at radius 1 is 0.818 bits per heavy atom. The van der Waals surface area contributed by atoms with E-state index in [-0.39, 0.29) is 11.5 Å². The van der Waals surface area contributed by atoms with Crippen molar-refractivity contribution < 1.29 is 23.7 Å². The van der Waals surface area contributed by atoms with Gasteiger partial charge in [0.1, 0.15) is 5.75 Å². The molecule has 0 aliphatic rings. The highest BCUT2D eigenvalue weighted by atomic mass is 35.5. The summed E-state index contributed by atoms with van der Waals surface area (Å²) in [6.45, 7) is 0. The van der Waals surface area contributed by atoms with Gasteiger partial charge in [0.2, 0.25) is 11.5 Å². The van der Waals surface area contributed by atoms with E-state index in [2.05, 4.69) is 15.5 Å². The molecule has 10 heteroatoms. The van der Waals surface area contributed by atoms with Crippen LogP contribution in [-0.4, -0.2) is 38.3 Å². The molecule has 1 aromatic heterocycles. The van der Waals surface area contributed by atoms with Gasteiger partial charge in [-0.25, -0.2) is 0 Å². The maximum Gasteiger partial charge on any atom is 0.228 e. The maximum atomic E-state index is 13.6. The van der Waals surface area contributed by atoms with Crippen molar-refractivity contribution in [2.75, 3.05) is 26.8 Å². The Hall–Kier alpha value is -5.05. The highest BCUT2D eigenvalue weighted by Crippen LogP contribution is 2.41. The Balaban J connectivity index is 1.40. The fourth-order valence-electron chi connectivity index (χ4n) is 4.41. The molecule has 0 atom stereocenters. The van der Waals surface area contributed by atoms with Crippen LogP contribution in [0.5, 0.6) is 23.0 Å². The van der Waals surface area contributed by atoms with Crippen LogP contribution in [0.25, 0.3) is 17.0 Å². The van der Waals surface area contributed by atoms with E-state index >= 15 is 0 Å². The first-order chi connectivity index (χ1) is 21.4. The molecule has 5 aromatic rings. The Labute approximate surface area is 264 Å². The Morgan fingerprint density at radius 2 is 1.55 bits per heavy atom. The molecular weight excluding hydrogens is 601 g/mol. The van der Waals surface area contributed by atoms with Crippen LogP contribution in [0.4, 0.5) is 5.69 Å². The molecule has 0 saturated heterocycles. The summed E-state index contributed by atoms with van der Waals surface area (Å²) < 4.78 is 22.7. The van der Waals surface area contributed by atoms with Gasteiger partial charge in [-0.2, -0.15) is 5.10 Å². The zero-order valence-corrected chi connectivity index (χ0v) is 25.5. The van der Waals surface area contributed by atoms with Crippen LogP contribution in [0.3, 0.4) is 0 Å². The number of ketones is 1. The number of fused-ring (bicyclic) bond motifs is 1. The predicted molar refractivity (Wildman–Crippen MR) is 175 cm³/mol. The lowest BCUT2D eigenvalue weighted by atomic mass is 10.1. The summed E-state index contributed by atoms with van der Waals surface area (Å²) in [6.07, 6.45) is 4.97. The first kappa shape index (κ1) is 30.4. The van der Waals surface area contributed by atoms with Gasteiger partial charge < -0.3 is 18.9 Å². The lowest BCUT2D eigenvalue weighted by Crippen LogP contribution is -2.10. The standard InChI is InChI=1S/C34H27Cl2N3O5/c1-41-30-15-8-23(33(42-2)34(30)43-3)18-31(32(40)22-6-9-24(35)10-7-22)44-26-12-4-21(5-13-26)20-38-39-28-16-17-37-29-19-25(36)11-14-27(28)29/h4-20H,1-3H3,(H,37,39)/b31-18-,38-20+. The van der Waals surface area contributed by atoms with Crippen molar-refractivity contribution in [1.29, 1.82) is 0 Å². The maximum absolute atomic E-state index is 13.6. The highest BCUT2D eigenvalue weighted by Gasteiger charge is 2.20. The number of carbonyl (C=O) groups excluding carboxylic acids is 1. The van der Waals surface area contributed by atoms with E-state index in [0.29, 0.717) is 44.2 Å². The number of nitrogens with zero attached hydrogens (tertiary/aromatic N) is 2. The van der Waals surface area contributed by atoms with Crippen LogP contribution >= 0.6 is 23.2 Å². The number of allylic oxidation sites excluding steroid dienone is 1. The summed E-state index contributed by atoms with van der Waals surface area (Å²) >= 11 is 12.1. The number of nitrogens with one attached hydrogen (secondary N) is 1. The zero-order valence-electron chi connectivity index (χ0n) is 24.0. The number of hydrogen-bond acceptors (Lipinski definition) is 8. The second-order valence-electron chi connectivity index (χ2n) is 9.33. The van der Waals surface area contributed by atoms with E-state index in [1.807, 2.05) is 24.3 Å². The number of carbonyl (C=O) groups is 1. The minimum Gasteiger partial charge on any atom is -0.493 e. The lowest BCUT2D eigenvalue weighted by molar-refractivity contribution is 0.0988. The number of hydrogen-bond donors (Lipinski definition) is 1. The summed E-state index contributed by atoms with van der Waals surface area (Å²) in [4.78, 5) is 18.0. The smallest absolute Gasteiger partial charge is 0.228 e. The largest absolute Gasteiger partial charge is 0.493 e. The Bertz CT molecular complexity index is 1860. The molecule has 4 aromatic carbocycles. The van der Waals surface area contributed by atoms with E-state index < -0.39 is 0 Å². The molecule has 222 valence electrons. The average molecular weight is 629 g/mol. The molecule has 1 heterocycles. The van der Waals surface area contributed by atoms with Gasteiger partial charge >= 0.3 is 0 Å². The van der Waals surface area contributed by atoms with Gasteiger partial charge in [-0.3, -0.25) is 15.2 Å². The van der Waals surface area contributed by atoms with Gasteiger partial charge in [0, 0.05) is 32.8 Å². The van der Waals surface area contributed by atoms with Crippen molar-refractivity contribution in [2.45, 2.75) is 0 Å². The molecule has 5 rings (SSSR count). The Morgan fingerprint density at radius 3 is 2.25 bits per heavy atom. The summed E-state index contributed by atoms with van der Waals surface area (Å²) in [7, 11) is 4.56. The number of rotatable bonds is 11. The molecule has 0 aliphatic heterocycles. The first-order valence-corrected chi connectivity index (χ1v) is 14.1. The van der Waals surface area contributed by atoms with Gasteiger partial charge in [-0.15, -0.1) is 0 Å². The number of pyridine rings is 1. The quantitative estimate of drug-likeness (QED) is 0.0517. The molecule has 0 unspecified atom stereocenters. The van der Waals surface area contributed by atoms with Crippen molar-refractivity contribution >= 4 is 57.9 Å². The molecule has 0 radical (unpaired) electrons. The number of hydrazone groups is 1. The van der Waals surface area contributed by atoms with Crippen molar-refractivity contribution in [3.63, 3.8) is 0 Å². The van der Waals surface area contributed by atoms with Crippen molar-refractivity contribution in [3.8, 4) is 23.0 Å². The summed E-state index contributed by atoms with van der Waals surface area (Å²) in [5.74, 6) is 1.43. The molecule has 0 fully saturated rings. The van der Waals surface area contributed by atoms with Gasteiger partial charge in [0.15, 0.2) is 17.3 Å². The van der Waals surface area contributed by atoms with E-state index in [0.717, 1.165) is 22.2 Å². The summed E-state index contributed by atoms with van der Waals surface area (Å²) in [6, 6.07) is 24.5. The second-order valence-corrected chi connectivity index (χ2v) is 10.2. The predicted octanol–water partition coefficient (Wildman–Crippen LogP) is 8.32. The topological polar surface area (TPSA) is 91.3 Å². The van der Waals surface area contributed by atoms with Crippen LogP contribution in [0.15, 0.2) is 102 Å². The van der Waals surface area contributed by atoms with E-state index in [1.165, 1.54) is 21.3 Å². The van der Waals surface area contributed by atoms with Crippen molar-refractivity contribution in [1.82, 2.24) is 4.98 Å². The lowest BCUT2D eigenvalue weighted by Gasteiger charge is -2.15. The molecule has 0 aliphatic carbocycles. The first-order valence-electron chi connectivity index (χ1n) is 13.3. The van der Waals surface area contributed by atoms with Gasteiger partial charge in [0.25, 0.3) is 0 Å². The summed E-state index contributed by atoms with van der Waals surface area (Å²) in [5, 5.41) is 6.39. The second kappa shape index (κ2) is 13.9. The minimum absolute atomic E-state index is 0.0607. The number of benzene rings is 4. The number of halogens is 2. The third kappa shape index (κ3) is 6.94. The molecule has 1 N–H and O–H groups in total. The van der Waals surface area contributed by atoms with E-state index in [4.69, 9.17) is 42.1 Å². The third-order valence-corrected chi connectivity index (χ3v) is 7.05. The fourth-order valence-corrected chi connectivity index (χ4v) is 4.70. The van der Waals surface area contributed by atoms with Crippen molar-refractivity contribution in [3.05, 3.63) is 124 Å². The van der Waals surface area contributed by atoms with Crippen LogP contribution in [0.2, 0.25) is 10.0 Å². The molecular formula is C34H27Cl2N3O5. The van der Waals surface area contributed by atoms with Gasteiger partial charge in [0.05, 0.1) is 38.7 Å². The number of ether oxygens (including phenoxy) is 4. The molecule has 0 spiro atoms. The van der Waals surface area contributed by atoms with Crippen LogP contribution < -0.4 is 24.4 Å². The minimum atomic E-state index is -0.348. The highest BCUT2D eigenvalue weighted by molar-refractivity contribution is 6.31. The normalized spacial score (nSPS) is 11.4. The molecule has 0 bridgehead atoms. The average Bonchev–Trinajstić information content (AvgIpc) is 3.04. The van der Waals surface area contributed by atoms with E-state index in [9.17, 15) is 4.79 Å². The number of methoxy groups -OCH3 is 3. The third-order valence-electron chi connectivity index (χ3n) is 6.56. The zero-order chi connectivity index (χ0) is 31.1. The Kier molecular flexibility index (Phi) is 9.64. The number of anilines is 1. The number of aromatic nitrogens is 1. The van der Waals surface area contributed by atoms with Crippen LogP contribution in [0, 0.1) is 0 Å². The monoisotopic (exact) mass is 627 g/mol.